The lowest BCUT2D eigenvalue weighted by atomic mass is 10.2. The molecule has 14 heavy (non-hydrogen) atoms. The summed E-state index contributed by atoms with van der Waals surface area (Å²) in [7, 11) is 0. The van der Waals surface area contributed by atoms with Gasteiger partial charge in [0, 0.05) is 22.1 Å². The Labute approximate surface area is 85.4 Å². The van der Waals surface area contributed by atoms with Gasteiger partial charge in [-0.25, -0.2) is 9.79 Å². The minimum atomic E-state index is 0.352. The summed E-state index contributed by atoms with van der Waals surface area (Å²) in [6.07, 6.45) is 3.34. The van der Waals surface area contributed by atoms with E-state index in [9.17, 15) is 4.79 Å². The Balaban J connectivity index is 2.52. The highest BCUT2D eigenvalue weighted by atomic mass is 35.5. The highest BCUT2D eigenvalue weighted by molar-refractivity contribution is 6.31. The lowest BCUT2D eigenvalue weighted by Gasteiger charge is -1.93. The molecule has 0 saturated carbocycles. The van der Waals surface area contributed by atoms with Crippen LogP contribution in [0.4, 0.5) is 0 Å². The van der Waals surface area contributed by atoms with Crippen molar-refractivity contribution in [1.82, 2.24) is 4.98 Å². The van der Waals surface area contributed by atoms with Gasteiger partial charge in [-0.3, -0.25) is 0 Å². The minimum absolute atomic E-state index is 0.352. The van der Waals surface area contributed by atoms with Crippen molar-refractivity contribution in [2.45, 2.75) is 6.54 Å². The van der Waals surface area contributed by atoms with Crippen LogP contribution in [-0.2, 0) is 11.3 Å². The summed E-state index contributed by atoms with van der Waals surface area (Å²) in [5.41, 5.74) is 1.92. The van der Waals surface area contributed by atoms with Crippen molar-refractivity contribution in [1.29, 1.82) is 0 Å². The van der Waals surface area contributed by atoms with E-state index in [0.29, 0.717) is 11.6 Å². The van der Waals surface area contributed by atoms with Crippen LogP contribution in [-0.4, -0.2) is 11.1 Å². The van der Waals surface area contributed by atoms with Crippen molar-refractivity contribution in [3.8, 4) is 0 Å². The lowest BCUT2D eigenvalue weighted by molar-refractivity contribution is 0.563. The van der Waals surface area contributed by atoms with E-state index in [1.165, 1.54) is 6.08 Å². The number of halogens is 1. The van der Waals surface area contributed by atoms with Crippen LogP contribution in [0.25, 0.3) is 10.9 Å². The fraction of sp³-hybridized carbons (Fsp3) is 0.100. The van der Waals surface area contributed by atoms with Gasteiger partial charge in [0.25, 0.3) is 0 Å². The Morgan fingerprint density at radius 3 is 3.14 bits per heavy atom. The van der Waals surface area contributed by atoms with Gasteiger partial charge >= 0.3 is 0 Å². The normalized spacial score (nSPS) is 10.1. The van der Waals surface area contributed by atoms with E-state index in [0.717, 1.165) is 16.5 Å². The fourth-order valence-electron chi connectivity index (χ4n) is 1.41. The molecule has 1 N–H and O–H groups in total. The van der Waals surface area contributed by atoms with E-state index in [4.69, 9.17) is 11.6 Å². The van der Waals surface area contributed by atoms with Crippen LogP contribution in [0.15, 0.2) is 29.4 Å². The summed E-state index contributed by atoms with van der Waals surface area (Å²) < 4.78 is 0. The van der Waals surface area contributed by atoms with E-state index in [1.807, 2.05) is 24.4 Å². The number of H-pyrrole nitrogens is 1. The van der Waals surface area contributed by atoms with Gasteiger partial charge in [-0.05, 0) is 17.7 Å². The summed E-state index contributed by atoms with van der Waals surface area (Å²) in [4.78, 5) is 16.6. The van der Waals surface area contributed by atoms with E-state index < -0.39 is 0 Å². The molecule has 1 heterocycles. The van der Waals surface area contributed by atoms with Crippen LogP contribution < -0.4 is 0 Å². The molecule has 0 aliphatic carbocycles. The van der Waals surface area contributed by atoms with Crippen molar-refractivity contribution >= 4 is 28.6 Å². The third-order valence-electron chi connectivity index (χ3n) is 2.04. The van der Waals surface area contributed by atoms with Crippen LogP contribution in [0.1, 0.15) is 5.56 Å². The number of aromatic amines is 1. The molecule has 4 heteroatoms. The van der Waals surface area contributed by atoms with Crippen LogP contribution in [0.5, 0.6) is 0 Å². The Kier molecular flexibility index (Phi) is 2.35. The molecule has 0 radical (unpaired) electrons. The largest absolute Gasteiger partial charge is 0.361 e. The molecule has 0 amide bonds. The maximum Gasteiger partial charge on any atom is 0.235 e. The molecule has 3 nitrogen and oxygen atoms in total. The molecule has 0 bridgehead atoms. The predicted octanol–water partition coefficient (Wildman–Crippen LogP) is 2.66. The van der Waals surface area contributed by atoms with Crippen molar-refractivity contribution < 1.29 is 4.79 Å². The van der Waals surface area contributed by atoms with Gasteiger partial charge in [0.15, 0.2) is 0 Å². The molecule has 0 spiro atoms. The van der Waals surface area contributed by atoms with Gasteiger partial charge in [-0.15, -0.1) is 0 Å². The number of hydrogen-bond acceptors (Lipinski definition) is 2. The Morgan fingerprint density at radius 2 is 2.36 bits per heavy atom. The molecule has 2 rings (SSSR count). The second-order valence-corrected chi connectivity index (χ2v) is 3.35. The number of hydrogen-bond donors (Lipinski definition) is 1. The molecule has 0 saturated heterocycles. The molecule has 2 aromatic rings. The third kappa shape index (κ3) is 1.55. The zero-order chi connectivity index (χ0) is 9.97. The first kappa shape index (κ1) is 9.00. The number of rotatable bonds is 2. The highest BCUT2D eigenvalue weighted by Crippen LogP contribution is 2.22. The first-order valence-corrected chi connectivity index (χ1v) is 4.48. The summed E-state index contributed by atoms with van der Waals surface area (Å²) in [5.74, 6) is 0. The maximum absolute atomic E-state index is 9.97. The molecule has 1 aromatic carbocycles. The summed E-state index contributed by atoms with van der Waals surface area (Å²) >= 11 is 5.83. The maximum atomic E-state index is 9.97. The standard InChI is InChI=1S/C10H7ClN2O/c11-8-1-2-9-7(4-12-6-14)5-13-10(9)3-8/h1-3,5,13H,4H2. The fourth-order valence-corrected chi connectivity index (χ4v) is 1.58. The average molecular weight is 207 g/mol. The Morgan fingerprint density at radius 1 is 1.50 bits per heavy atom. The summed E-state index contributed by atoms with van der Waals surface area (Å²) in [5, 5.41) is 1.72. The molecule has 70 valence electrons. The molecular formula is C10H7ClN2O. The number of nitrogens with zero attached hydrogens (tertiary/aromatic N) is 1. The third-order valence-corrected chi connectivity index (χ3v) is 2.28. The quantitative estimate of drug-likeness (QED) is 0.596. The van der Waals surface area contributed by atoms with Crippen molar-refractivity contribution in [2.24, 2.45) is 4.99 Å². The first-order valence-electron chi connectivity index (χ1n) is 4.10. The second kappa shape index (κ2) is 3.66. The van der Waals surface area contributed by atoms with Crippen LogP contribution in [0.3, 0.4) is 0 Å². The minimum Gasteiger partial charge on any atom is -0.361 e. The van der Waals surface area contributed by atoms with Gasteiger partial charge in [-0.1, -0.05) is 17.7 Å². The van der Waals surface area contributed by atoms with Gasteiger partial charge < -0.3 is 4.98 Å². The van der Waals surface area contributed by atoms with Crippen LogP contribution in [0, 0.1) is 0 Å². The molecule has 0 unspecified atom stereocenters. The van der Waals surface area contributed by atoms with E-state index in [2.05, 4.69) is 9.98 Å². The van der Waals surface area contributed by atoms with Gasteiger partial charge in [-0.2, -0.15) is 0 Å². The second-order valence-electron chi connectivity index (χ2n) is 2.91. The number of benzene rings is 1. The number of isocyanates is 1. The molecular weight excluding hydrogens is 200 g/mol. The Hall–Kier alpha value is -1.57. The molecule has 1 aromatic heterocycles. The zero-order valence-electron chi connectivity index (χ0n) is 7.25. The van der Waals surface area contributed by atoms with Gasteiger partial charge in [0.05, 0.1) is 6.54 Å². The molecule has 0 aliphatic rings. The molecule has 0 atom stereocenters. The highest BCUT2D eigenvalue weighted by Gasteiger charge is 2.02. The van der Waals surface area contributed by atoms with Crippen molar-refractivity contribution in [3.05, 3.63) is 35.0 Å². The number of fused-ring (bicyclic) bond motifs is 1. The van der Waals surface area contributed by atoms with Crippen molar-refractivity contribution in [2.75, 3.05) is 0 Å². The monoisotopic (exact) mass is 206 g/mol. The zero-order valence-corrected chi connectivity index (χ0v) is 8.01. The predicted molar refractivity (Wildman–Crippen MR) is 55.1 cm³/mol. The van der Waals surface area contributed by atoms with Crippen LogP contribution >= 0.6 is 11.6 Å². The van der Waals surface area contributed by atoms with Gasteiger partial charge in [0.1, 0.15) is 0 Å². The average Bonchev–Trinajstić information content (AvgIpc) is 2.57. The summed E-state index contributed by atoms with van der Waals surface area (Å²) in [6, 6.07) is 5.56. The summed E-state index contributed by atoms with van der Waals surface area (Å²) in [6.45, 7) is 0.352. The first-order chi connectivity index (χ1) is 6.81. The lowest BCUT2D eigenvalue weighted by Crippen LogP contribution is -1.76. The number of carbonyl (C=O) groups excluding carboxylic acids is 1. The van der Waals surface area contributed by atoms with E-state index >= 15 is 0 Å². The molecule has 0 aliphatic heterocycles. The SMILES string of the molecule is O=C=NCc1c[nH]c2cc(Cl)ccc12. The Bertz CT molecular complexity index is 512. The van der Waals surface area contributed by atoms with Crippen LogP contribution in [0.2, 0.25) is 5.02 Å². The van der Waals surface area contributed by atoms with Gasteiger partial charge in [0.2, 0.25) is 6.08 Å². The number of aliphatic imine (C=N–C) groups is 1. The van der Waals surface area contributed by atoms with Crippen molar-refractivity contribution in [3.63, 3.8) is 0 Å². The molecule has 0 fully saturated rings. The number of nitrogens with one attached hydrogen (secondary N) is 1. The number of aromatic nitrogens is 1. The smallest absolute Gasteiger partial charge is 0.235 e. The topological polar surface area (TPSA) is 45.2 Å². The van der Waals surface area contributed by atoms with E-state index in [-0.39, 0.29) is 0 Å². The van der Waals surface area contributed by atoms with E-state index in [1.54, 1.807) is 0 Å².